The highest BCUT2D eigenvalue weighted by atomic mass is 16.5. The molecule has 0 bridgehead atoms. The summed E-state index contributed by atoms with van der Waals surface area (Å²) in [6, 6.07) is 15.3. The van der Waals surface area contributed by atoms with Crippen molar-refractivity contribution in [2.45, 2.75) is 26.3 Å². The number of benzene rings is 2. The second kappa shape index (κ2) is 6.23. The van der Waals surface area contributed by atoms with Crippen LogP contribution in [-0.2, 0) is 0 Å². The molecule has 0 saturated heterocycles. The molecule has 0 fully saturated rings. The number of rotatable bonds is 4. The summed E-state index contributed by atoms with van der Waals surface area (Å²) in [5.74, 6) is 1.44. The average molecular weight is 266 g/mol. The van der Waals surface area contributed by atoms with Crippen LogP contribution in [0.1, 0.15) is 36.1 Å². The minimum Gasteiger partial charge on any atom is -0.457 e. The number of ether oxygens (including phenoxy) is 1. The molecule has 2 aromatic carbocycles. The van der Waals surface area contributed by atoms with E-state index in [0.717, 1.165) is 23.3 Å². The summed E-state index contributed by atoms with van der Waals surface area (Å²) in [5, 5.41) is 8.97. The monoisotopic (exact) mass is 266 g/mol. The molecule has 20 heavy (non-hydrogen) atoms. The molecule has 0 aliphatic rings. The van der Waals surface area contributed by atoms with Crippen LogP contribution in [0.25, 0.3) is 0 Å². The van der Waals surface area contributed by atoms with Gasteiger partial charge >= 0.3 is 0 Å². The predicted molar refractivity (Wildman–Crippen MR) is 79.6 cm³/mol. The van der Waals surface area contributed by atoms with Gasteiger partial charge in [-0.2, -0.15) is 5.26 Å². The van der Waals surface area contributed by atoms with Crippen LogP contribution in [0.15, 0.2) is 42.5 Å². The molecule has 0 aliphatic heterocycles. The lowest BCUT2D eigenvalue weighted by atomic mass is 10.0. The van der Waals surface area contributed by atoms with E-state index >= 15 is 0 Å². The summed E-state index contributed by atoms with van der Waals surface area (Å²) < 4.78 is 5.97. The fourth-order valence-corrected chi connectivity index (χ4v) is 2.00. The Hall–Kier alpha value is -2.31. The average Bonchev–Trinajstić information content (AvgIpc) is 2.49. The van der Waals surface area contributed by atoms with Crippen LogP contribution in [0.2, 0.25) is 0 Å². The van der Waals surface area contributed by atoms with E-state index in [1.165, 1.54) is 0 Å². The van der Waals surface area contributed by atoms with Crippen molar-refractivity contribution in [1.82, 2.24) is 0 Å². The zero-order valence-corrected chi connectivity index (χ0v) is 11.8. The summed E-state index contributed by atoms with van der Waals surface area (Å²) in [5.41, 5.74) is 8.67. The van der Waals surface area contributed by atoms with Crippen LogP contribution >= 0.6 is 0 Å². The van der Waals surface area contributed by atoms with Crippen molar-refractivity contribution in [1.29, 1.82) is 5.26 Å². The predicted octanol–water partition coefficient (Wildman–Crippen LogP) is 4.07. The quantitative estimate of drug-likeness (QED) is 0.907. The Morgan fingerprint density at radius 1 is 1.20 bits per heavy atom. The largest absolute Gasteiger partial charge is 0.457 e. The van der Waals surface area contributed by atoms with Gasteiger partial charge in [0.25, 0.3) is 0 Å². The van der Waals surface area contributed by atoms with E-state index in [2.05, 4.69) is 6.07 Å². The van der Waals surface area contributed by atoms with E-state index in [1.54, 1.807) is 12.1 Å². The number of hydrogen-bond donors (Lipinski definition) is 1. The number of nitriles is 1. The maximum Gasteiger partial charge on any atom is 0.132 e. The van der Waals surface area contributed by atoms with Gasteiger partial charge in [0.15, 0.2) is 0 Å². The molecule has 2 N–H and O–H groups in total. The summed E-state index contributed by atoms with van der Waals surface area (Å²) in [7, 11) is 0. The van der Waals surface area contributed by atoms with Gasteiger partial charge in [-0.15, -0.1) is 0 Å². The Morgan fingerprint density at radius 2 is 1.95 bits per heavy atom. The first-order valence-electron chi connectivity index (χ1n) is 6.68. The number of nitrogens with two attached hydrogens (primary N) is 1. The van der Waals surface area contributed by atoms with Gasteiger partial charge in [0.2, 0.25) is 0 Å². The van der Waals surface area contributed by atoms with E-state index in [-0.39, 0.29) is 6.04 Å². The fraction of sp³-hybridized carbons (Fsp3) is 0.235. The summed E-state index contributed by atoms with van der Waals surface area (Å²) in [4.78, 5) is 0. The first-order valence-corrected chi connectivity index (χ1v) is 6.68. The van der Waals surface area contributed by atoms with Crippen molar-refractivity contribution in [3.8, 4) is 17.6 Å². The number of nitrogens with zero attached hydrogens (tertiary/aromatic N) is 1. The van der Waals surface area contributed by atoms with E-state index in [4.69, 9.17) is 15.7 Å². The van der Waals surface area contributed by atoms with Crippen LogP contribution < -0.4 is 10.5 Å². The van der Waals surface area contributed by atoms with Crippen molar-refractivity contribution in [2.75, 3.05) is 0 Å². The molecule has 0 radical (unpaired) electrons. The molecule has 3 heteroatoms. The van der Waals surface area contributed by atoms with Gasteiger partial charge in [-0.05, 0) is 37.1 Å². The zero-order chi connectivity index (χ0) is 14.5. The lowest BCUT2D eigenvalue weighted by molar-refractivity contribution is 0.465. The van der Waals surface area contributed by atoms with Crippen molar-refractivity contribution < 1.29 is 4.74 Å². The van der Waals surface area contributed by atoms with Crippen LogP contribution in [0.3, 0.4) is 0 Å². The third kappa shape index (κ3) is 2.98. The second-order valence-corrected chi connectivity index (χ2v) is 4.75. The number of aryl methyl sites for hydroxylation is 1. The Kier molecular flexibility index (Phi) is 4.39. The standard InChI is InChI=1S/C17H18N2O/c1-3-15(19)14-6-4-5-7-16(14)20-17-10-13(11-18)9-8-12(17)2/h4-10,15H,3,19H2,1-2H3/t15-/m1/s1. The molecular formula is C17H18N2O. The lowest BCUT2D eigenvalue weighted by Crippen LogP contribution is -2.09. The molecule has 0 unspecified atom stereocenters. The van der Waals surface area contributed by atoms with Gasteiger partial charge in [0.05, 0.1) is 11.6 Å². The normalized spacial score (nSPS) is 11.7. The van der Waals surface area contributed by atoms with Gasteiger partial charge in [-0.3, -0.25) is 0 Å². The van der Waals surface area contributed by atoms with Crippen LogP contribution in [-0.4, -0.2) is 0 Å². The topological polar surface area (TPSA) is 59.0 Å². The number of hydrogen-bond acceptors (Lipinski definition) is 3. The molecule has 0 saturated carbocycles. The maximum atomic E-state index is 8.97. The highest BCUT2D eigenvalue weighted by molar-refractivity contribution is 5.46. The molecule has 0 spiro atoms. The van der Waals surface area contributed by atoms with Crippen molar-refractivity contribution in [3.63, 3.8) is 0 Å². The molecule has 1 atom stereocenters. The lowest BCUT2D eigenvalue weighted by Gasteiger charge is -2.16. The smallest absolute Gasteiger partial charge is 0.132 e. The summed E-state index contributed by atoms with van der Waals surface area (Å²) in [6.45, 7) is 4.00. The van der Waals surface area contributed by atoms with Crippen LogP contribution in [0.5, 0.6) is 11.5 Å². The third-order valence-electron chi connectivity index (χ3n) is 3.30. The van der Waals surface area contributed by atoms with E-state index < -0.39 is 0 Å². The van der Waals surface area contributed by atoms with Crippen molar-refractivity contribution in [3.05, 3.63) is 59.2 Å². The van der Waals surface area contributed by atoms with Gasteiger partial charge < -0.3 is 10.5 Å². The molecule has 0 amide bonds. The minimum absolute atomic E-state index is 0.0503. The molecule has 2 rings (SSSR count). The highest BCUT2D eigenvalue weighted by Gasteiger charge is 2.11. The Labute approximate surface area is 119 Å². The van der Waals surface area contributed by atoms with Crippen LogP contribution in [0.4, 0.5) is 0 Å². The Bertz CT molecular complexity index is 644. The molecular weight excluding hydrogens is 248 g/mol. The first-order chi connectivity index (χ1) is 9.65. The van der Waals surface area contributed by atoms with Gasteiger partial charge in [-0.25, -0.2) is 0 Å². The van der Waals surface area contributed by atoms with E-state index in [1.807, 2.05) is 44.2 Å². The molecule has 0 aromatic heterocycles. The van der Waals surface area contributed by atoms with Crippen LogP contribution in [0, 0.1) is 18.3 Å². The highest BCUT2D eigenvalue weighted by Crippen LogP contribution is 2.31. The minimum atomic E-state index is -0.0503. The van der Waals surface area contributed by atoms with Gasteiger partial charge in [0.1, 0.15) is 11.5 Å². The molecule has 3 nitrogen and oxygen atoms in total. The van der Waals surface area contributed by atoms with E-state index in [9.17, 15) is 0 Å². The molecule has 102 valence electrons. The van der Waals surface area contributed by atoms with Crippen molar-refractivity contribution in [2.24, 2.45) is 5.73 Å². The maximum absolute atomic E-state index is 8.97. The van der Waals surface area contributed by atoms with Crippen molar-refractivity contribution >= 4 is 0 Å². The Morgan fingerprint density at radius 3 is 2.65 bits per heavy atom. The third-order valence-corrected chi connectivity index (χ3v) is 3.30. The van der Waals surface area contributed by atoms with Gasteiger partial charge in [0, 0.05) is 11.6 Å². The summed E-state index contributed by atoms with van der Waals surface area (Å²) in [6.07, 6.45) is 0.845. The molecule has 2 aromatic rings. The fourth-order valence-electron chi connectivity index (χ4n) is 2.00. The summed E-state index contributed by atoms with van der Waals surface area (Å²) >= 11 is 0. The van der Waals surface area contributed by atoms with Gasteiger partial charge in [-0.1, -0.05) is 31.2 Å². The van der Waals surface area contributed by atoms with E-state index in [0.29, 0.717) is 11.3 Å². The second-order valence-electron chi connectivity index (χ2n) is 4.75. The number of para-hydroxylation sites is 1. The Balaban J connectivity index is 2.38. The first kappa shape index (κ1) is 14.1. The molecule has 0 heterocycles. The molecule has 0 aliphatic carbocycles. The zero-order valence-electron chi connectivity index (χ0n) is 11.8. The SMILES string of the molecule is CC[C@@H](N)c1ccccc1Oc1cc(C#N)ccc1C.